The van der Waals surface area contributed by atoms with E-state index in [1.807, 2.05) is 0 Å². The van der Waals surface area contributed by atoms with Crippen LogP contribution in [0.1, 0.15) is 13.8 Å². The van der Waals surface area contributed by atoms with Gasteiger partial charge in [0.25, 0.3) is 0 Å². The maximum atomic E-state index is 3.66. The molecule has 0 radical (unpaired) electrons. The average Bonchev–Trinajstić information content (AvgIpc) is 1.61. The summed E-state index contributed by atoms with van der Waals surface area (Å²) < 4.78 is 0. The maximum Gasteiger partial charge on any atom is 0.0528 e. The molecule has 0 rings (SSSR count). The molecular formula is C6H12N2S. The fourth-order valence-corrected chi connectivity index (χ4v) is 0.171. The monoisotopic (exact) mass is 144 g/mol. The van der Waals surface area contributed by atoms with Crippen LogP contribution in [-0.4, -0.2) is 0 Å². The molecule has 0 aliphatic heterocycles. The van der Waals surface area contributed by atoms with Gasteiger partial charge in [0, 0.05) is 0 Å². The Morgan fingerprint density at radius 1 is 1.00 bits per heavy atom. The zero-order valence-corrected chi connectivity index (χ0v) is 6.81. The lowest BCUT2D eigenvalue weighted by Gasteiger charge is -1.82. The van der Waals surface area contributed by atoms with Crippen molar-refractivity contribution in [2.24, 2.45) is 10.2 Å². The zero-order chi connectivity index (χ0) is 6.57. The molecule has 0 N–H and O–H groups in total. The molecule has 0 heterocycles. The predicted molar refractivity (Wildman–Crippen MR) is 44.9 cm³/mol. The van der Waals surface area contributed by atoms with Gasteiger partial charge in [-0.1, -0.05) is 13.2 Å². The van der Waals surface area contributed by atoms with Crippen molar-refractivity contribution in [1.29, 1.82) is 0 Å². The van der Waals surface area contributed by atoms with Gasteiger partial charge in [0.2, 0.25) is 0 Å². The van der Waals surface area contributed by atoms with Gasteiger partial charge in [-0.3, -0.25) is 0 Å². The molecule has 0 amide bonds. The quantitative estimate of drug-likeness (QED) is 0.532. The lowest BCUT2D eigenvalue weighted by Crippen LogP contribution is -1.61. The van der Waals surface area contributed by atoms with Crippen molar-refractivity contribution in [3.05, 3.63) is 24.6 Å². The summed E-state index contributed by atoms with van der Waals surface area (Å²) in [4.78, 5) is 0. The van der Waals surface area contributed by atoms with Crippen LogP contribution < -0.4 is 0 Å². The van der Waals surface area contributed by atoms with Gasteiger partial charge in [-0.25, -0.2) is 0 Å². The van der Waals surface area contributed by atoms with Crippen LogP contribution in [0.5, 0.6) is 0 Å². The second-order valence-electron chi connectivity index (χ2n) is 1.67. The van der Waals surface area contributed by atoms with Crippen LogP contribution in [0, 0.1) is 0 Å². The zero-order valence-electron chi connectivity index (χ0n) is 5.81. The Kier molecular flexibility index (Phi) is 6.96. The van der Waals surface area contributed by atoms with E-state index < -0.39 is 0 Å². The number of allylic oxidation sites excluding steroid dienone is 2. The van der Waals surface area contributed by atoms with E-state index in [1.165, 1.54) is 0 Å². The minimum absolute atomic E-state index is 0. The van der Waals surface area contributed by atoms with Crippen LogP contribution in [-0.2, 0) is 0 Å². The van der Waals surface area contributed by atoms with Gasteiger partial charge < -0.3 is 0 Å². The molecule has 2 nitrogen and oxygen atoms in total. The molecule has 0 spiro atoms. The summed E-state index contributed by atoms with van der Waals surface area (Å²) in [5, 5.41) is 7.31. The van der Waals surface area contributed by atoms with E-state index in [0.717, 1.165) is 0 Å². The highest BCUT2D eigenvalue weighted by molar-refractivity contribution is 7.59. The van der Waals surface area contributed by atoms with Crippen LogP contribution >= 0.6 is 13.5 Å². The van der Waals surface area contributed by atoms with Gasteiger partial charge in [-0.15, -0.1) is 0 Å². The molecule has 0 saturated carbocycles. The summed E-state index contributed by atoms with van der Waals surface area (Å²) in [5.74, 6) is 0. The SMILES string of the molecule is C=C(C)N=NC(=C)C.S. The fraction of sp³-hybridized carbons (Fsp3) is 0.333. The molecule has 0 aliphatic rings. The van der Waals surface area contributed by atoms with Gasteiger partial charge in [-0.2, -0.15) is 23.7 Å². The van der Waals surface area contributed by atoms with Gasteiger partial charge in [0.1, 0.15) is 0 Å². The number of nitrogens with zero attached hydrogens (tertiary/aromatic N) is 2. The van der Waals surface area contributed by atoms with E-state index >= 15 is 0 Å². The van der Waals surface area contributed by atoms with Crippen molar-refractivity contribution in [2.75, 3.05) is 0 Å². The number of hydrogen-bond donors (Lipinski definition) is 0. The second-order valence-corrected chi connectivity index (χ2v) is 1.67. The molecule has 0 bridgehead atoms. The molecule has 0 aromatic rings. The summed E-state index contributed by atoms with van der Waals surface area (Å²) >= 11 is 0. The molecule has 0 aromatic carbocycles. The summed E-state index contributed by atoms with van der Waals surface area (Å²) in [6.07, 6.45) is 0. The Hall–Kier alpha value is -0.570. The summed E-state index contributed by atoms with van der Waals surface area (Å²) in [6.45, 7) is 10.6. The highest BCUT2D eigenvalue weighted by atomic mass is 32.1. The first-order chi connectivity index (χ1) is 3.63. The molecule has 9 heavy (non-hydrogen) atoms. The largest absolute Gasteiger partial charge is 0.197 e. The van der Waals surface area contributed by atoms with E-state index in [2.05, 4.69) is 23.4 Å². The van der Waals surface area contributed by atoms with E-state index in [4.69, 9.17) is 0 Å². The summed E-state index contributed by atoms with van der Waals surface area (Å²) in [6, 6.07) is 0. The topological polar surface area (TPSA) is 24.7 Å². The van der Waals surface area contributed by atoms with E-state index in [1.54, 1.807) is 13.8 Å². The van der Waals surface area contributed by atoms with Crippen molar-refractivity contribution in [3.63, 3.8) is 0 Å². The molecular weight excluding hydrogens is 132 g/mol. The van der Waals surface area contributed by atoms with Gasteiger partial charge in [-0.05, 0) is 13.8 Å². The molecule has 0 fully saturated rings. The van der Waals surface area contributed by atoms with Gasteiger partial charge in [0.05, 0.1) is 11.4 Å². The summed E-state index contributed by atoms with van der Waals surface area (Å²) in [7, 11) is 0. The van der Waals surface area contributed by atoms with Crippen molar-refractivity contribution < 1.29 is 0 Å². The standard InChI is InChI=1S/C6H10N2.H2S/c1-5(2)7-8-6(3)4;/h1,3H2,2,4H3;1H2. The third-order valence-electron chi connectivity index (χ3n) is 0.391. The average molecular weight is 144 g/mol. The molecule has 0 unspecified atom stereocenters. The van der Waals surface area contributed by atoms with E-state index in [9.17, 15) is 0 Å². The lowest BCUT2D eigenvalue weighted by molar-refractivity contribution is 1.07. The van der Waals surface area contributed by atoms with E-state index in [-0.39, 0.29) is 13.5 Å². The third-order valence-corrected chi connectivity index (χ3v) is 0.391. The maximum absolute atomic E-state index is 3.66. The molecule has 0 aliphatic carbocycles. The highest BCUT2D eigenvalue weighted by Gasteiger charge is 1.74. The molecule has 52 valence electrons. The Balaban J connectivity index is 0. The Morgan fingerprint density at radius 3 is 1.33 bits per heavy atom. The van der Waals surface area contributed by atoms with Crippen LogP contribution in [0.25, 0.3) is 0 Å². The predicted octanol–water partition coefficient (Wildman–Crippen LogP) is 2.62. The molecule has 3 heteroatoms. The van der Waals surface area contributed by atoms with E-state index in [0.29, 0.717) is 11.4 Å². The number of hydrogen-bond acceptors (Lipinski definition) is 2. The van der Waals surface area contributed by atoms with Crippen molar-refractivity contribution >= 4 is 13.5 Å². The minimum atomic E-state index is 0. The summed E-state index contributed by atoms with van der Waals surface area (Å²) in [5.41, 5.74) is 1.40. The first-order valence-corrected chi connectivity index (χ1v) is 2.35. The molecule has 0 atom stereocenters. The van der Waals surface area contributed by atoms with Crippen LogP contribution in [0.4, 0.5) is 0 Å². The fourth-order valence-electron chi connectivity index (χ4n) is 0.171. The van der Waals surface area contributed by atoms with Gasteiger partial charge >= 0.3 is 0 Å². The first-order valence-electron chi connectivity index (χ1n) is 2.35. The normalized spacial score (nSPS) is 8.67. The number of azo groups is 1. The van der Waals surface area contributed by atoms with Crippen molar-refractivity contribution in [1.82, 2.24) is 0 Å². The Morgan fingerprint density at radius 2 is 1.22 bits per heavy atom. The Bertz CT molecular complexity index is 122. The minimum Gasteiger partial charge on any atom is -0.197 e. The smallest absolute Gasteiger partial charge is 0.0528 e. The molecule has 0 saturated heterocycles. The first kappa shape index (κ1) is 11.3. The van der Waals surface area contributed by atoms with Crippen LogP contribution in [0.2, 0.25) is 0 Å². The third kappa shape index (κ3) is 11.2. The molecule has 0 aromatic heterocycles. The van der Waals surface area contributed by atoms with Crippen molar-refractivity contribution in [2.45, 2.75) is 13.8 Å². The Labute approximate surface area is 62.8 Å². The van der Waals surface area contributed by atoms with Gasteiger partial charge in [0.15, 0.2) is 0 Å². The highest BCUT2D eigenvalue weighted by Crippen LogP contribution is 1.95. The lowest BCUT2D eigenvalue weighted by atomic mass is 10.6. The van der Waals surface area contributed by atoms with Crippen LogP contribution in [0.15, 0.2) is 34.8 Å². The number of rotatable bonds is 2. The second kappa shape index (κ2) is 5.56. The van der Waals surface area contributed by atoms with Crippen LogP contribution in [0.3, 0.4) is 0 Å². The van der Waals surface area contributed by atoms with Crippen molar-refractivity contribution in [3.8, 4) is 0 Å².